The number of piperidine rings is 1. The molecule has 1 fully saturated rings. The van der Waals surface area contributed by atoms with E-state index in [1.165, 1.54) is 12.1 Å². The van der Waals surface area contributed by atoms with Gasteiger partial charge in [-0.1, -0.05) is 12.1 Å². The highest BCUT2D eigenvalue weighted by Crippen LogP contribution is 2.12. The fraction of sp³-hybridized carbons (Fsp3) is 0.500. The smallest absolute Gasteiger partial charge is 0.409 e. The average Bonchev–Trinajstić information content (AvgIpc) is 2.60. The predicted molar refractivity (Wildman–Crippen MR) is 97.9 cm³/mol. The lowest BCUT2D eigenvalue weighted by atomic mass is 10.1. The van der Waals surface area contributed by atoms with Crippen LogP contribution in [0.2, 0.25) is 0 Å². The number of benzene rings is 1. The molecule has 0 aliphatic carbocycles. The zero-order chi connectivity index (χ0) is 19.2. The Morgan fingerprint density at radius 1 is 1.31 bits per heavy atom. The number of primary sulfonamides is 1. The van der Waals surface area contributed by atoms with E-state index >= 15 is 0 Å². The quantitative estimate of drug-likeness (QED) is 0.495. The molecule has 9 nitrogen and oxygen atoms in total. The van der Waals surface area contributed by atoms with E-state index in [1.807, 2.05) is 0 Å². The van der Waals surface area contributed by atoms with Gasteiger partial charge in [-0.3, -0.25) is 0 Å². The lowest BCUT2D eigenvalue weighted by Gasteiger charge is -2.31. The van der Waals surface area contributed by atoms with Crippen molar-refractivity contribution in [3.63, 3.8) is 0 Å². The van der Waals surface area contributed by atoms with Crippen LogP contribution in [-0.4, -0.2) is 51.1 Å². The number of likely N-dealkylation sites (tertiary alicyclic amines) is 1. The van der Waals surface area contributed by atoms with E-state index in [9.17, 15) is 13.2 Å². The largest absolute Gasteiger partial charge is 0.450 e. The predicted octanol–water partition coefficient (Wildman–Crippen LogP) is 0.359. The molecule has 0 unspecified atom stereocenters. The first kappa shape index (κ1) is 20.0. The number of hydrogen-bond donors (Lipinski definition) is 3. The molecule has 2 rings (SSSR count). The highest BCUT2D eigenvalue weighted by molar-refractivity contribution is 7.89. The first-order chi connectivity index (χ1) is 12.3. The van der Waals surface area contributed by atoms with Gasteiger partial charge in [0.15, 0.2) is 5.96 Å². The fourth-order valence-electron chi connectivity index (χ4n) is 2.64. The molecule has 1 aromatic carbocycles. The van der Waals surface area contributed by atoms with Crippen LogP contribution in [0.1, 0.15) is 25.3 Å². The number of ether oxygens (including phenoxy) is 1. The maximum Gasteiger partial charge on any atom is 0.409 e. The Bertz CT molecular complexity index is 740. The van der Waals surface area contributed by atoms with Gasteiger partial charge in [-0.2, -0.15) is 0 Å². The van der Waals surface area contributed by atoms with E-state index in [0.29, 0.717) is 32.2 Å². The molecule has 1 aliphatic rings. The summed E-state index contributed by atoms with van der Waals surface area (Å²) in [5.74, 6) is 0.315. The Hall–Kier alpha value is -2.33. The van der Waals surface area contributed by atoms with Gasteiger partial charge in [0.1, 0.15) is 0 Å². The maximum atomic E-state index is 11.7. The van der Waals surface area contributed by atoms with Crippen molar-refractivity contribution in [1.82, 2.24) is 10.2 Å². The van der Waals surface area contributed by atoms with E-state index in [-0.39, 0.29) is 17.0 Å². The number of hydrogen-bond acceptors (Lipinski definition) is 5. The molecule has 0 saturated carbocycles. The maximum absolute atomic E-state index is 11.7. The minimum Gasteiger partial charge on any atom is -0.450 e. The van der Waals surface area contributed by atoms with E-state index in [2.05, 4.69) is 10.3 Å². The molecule has 10 heteroatoms. The van der Waals surface area contributed by atoms with Gasteiger partial charge in [0.2, 0.25) is 10.0 Å². The van der Waals surface area contributed by atoms with Crippen LogP contribution < -0.4 is 16.2 Å². The number of nitrogens with one attached hydrogen (secondary N) is 1. The molecule has 0 atom stereocenters. The molecule has 0 radical (unpaired) electrons. The van der Waals surface area contributed by atoms with Crippen molar-refractivity contribution in [2.75, 3.05) is 19.7 Å². The second kappa shape index (κ2) is 8.86. The van der Waals surface area contributed by atoms with Crippen LogP contribution >= 0.6 is 0 Å². The highest BCUT2D eigenvalue weighted by atomic mass is 32.2. The van der Waals surface area contributed by atoms with E-state index < -0.39 is 10.0 Å². The number of sulfonamides is 1. The molecule has 26 heavy (non-hydrogen) atoms. The first-order valence-corrected chi connectivity index (χ1v) is 9.94. The van der Waals surface area contributed by atoms with Crippen LogP contribution in [0, 0.1) is 0 Å². The highest BCUT2D eigenvalue weighted by Gasteiger charge is 2.23. The van der Waals surface area contributed by atoms with Crippen LogP contribution in [-0.2, 0) is 21.3 Å². The van der Waals surface area contributed by atoms with Gasteiger partial charge in [0.05, 0.1) is 18.0 Å². The molecule has 5 N–H and O–H groups in total. The van der Waals surface area contributed by atoms with Crippen molar-refractivity contribution >= 4 is 22.1 Å². The fourth-order valence-corrected chi connectivity index (χ4v) is 3.15. The Kier molecular flexibility index (Phi) is 6.81. The third kappa shape index (κ3) is 5.88. The second-order valence-corrected chi connectivity index (χ2v) is 7.56. The van der Waals surface area contributed by atoms with Crippen molar-refractivity contribution in [3.05, 3.63) is 29.8 Å². The third-order valence-corrected chi connectivity index (χ3v) is 4.99. The zero-order valence-electron chi connectivity index (χ0n) is 14.7. The molecular formula is C16H25N5O4S. The number of carbonyl (C=O) groups excluding carboxylic acids is 1. The summed E-state index contributed by atoms with van der Waals surface area (Å²) in [5.41, 5.74) is 6.73. The minimum absolute atomic E-state index is 0.0599. The van der Waals surface area contributed by atoms with Gasteiger partial charge in [-0.25, -0.2) is 23.3 Å². The molecular weight excluding hydrogens is 358 g/mol. The Labute approximate surface area is 153 Å². The van der Waals surface area contributed by atoms with E-state index in [4.69, 9.17) is 15.6 Å². The van der Waals surface area contributed by atoms with Crippen molar-refractivity contribution in [1.29, 1.82) is 0 Å². The van der Waals surface area contributed by atoms with Gasteiger partial charge < -0.3 is 20.7 Å². The zero-order valence-corrected chi connectivity index (χ0v) is 15.5. The molecule has 144 valence electrons. The number of amides is 1. The molecule has 1 saturated heterocycles. The first-order valence-electron chi connectivity index (χ1n) is 8.39. The lowest BCUT2D eigenvalue weighted by molar-refractivity contribution is 0.0963. The number of nitrogens with zero attached hydrogens (tertiary/aromatic N) is 2. The molecule has 1 heterocycles. The number of rotatable bonds is 5. The van der Waals surface area contributed by atoms with Crippen LogP contribution in [0.3, 0.4) is 0 Å². The summed E-state index contributed by atoms with van der Waals surface area (Å²) in [4.78, 5) is 17.7. The summed E-state index contributed by atoms with van der Waals surface area (Å²) in [7, 11) is -3.69. The standard InChI is InChI=1S/C16H25N5O4S/c1-2-25-16(22)21-9-7-13(8-10-21)20-15(17)19-11-12-3-5-14(6-4-12)26(18,23)24/h3-6,13H,2,7-11H2,1H3,(H3,17,19,20)(H2,18,23,24). The summed E-state index contributed by atoms with van der Waals surface area (Å²) in [6.07, 6.45) is 1.24. The summed E-state index contributed by atoms with van der Waals surface area (Å²) in [6, 6.07) is 6.32. The van der Waals surface area contributed by atoms with Crippen molar-refractivity contribution in [2.24, 2.45) is 15.9 Å². The van der Waals surface area contributed by atoms with Crippen molar-refractivity contribution in [3.8, 4) is 0 Å². The SMILES string of the molecule is CCOC(=O)N1CCC(NC(N)=NCc2ccc(S(N)(=O)=O)cc2)CC1. The Balaban J connectivity index is 1.81. The Morgan fingerprint density at radius 3 is 2.46 bits per heavy atom. The topological polar surface area (TPSA) is 140 Å². The summed E-state index contributed by atoms with van der Waals surface area (Å²) in [5, 5.41) is 8.21. The van der Waals surface area contributed by atoms with Crippen LogP contribution in [0.5, 0.6) is 0 Å². The molecule has 1 aromatic rings. The average molecular weight is 383 g/mol. The molecule has 1 amide bonds. The molecule has 1 aliphatic heterocycles. The lowest BCUT2D eigenvalue weighted by Crippen LogP contribution is -2.48. The monoisotopic (exact) mass is 383 g/mol. The van der Waals surface area contributed by atoms with Gasteiger partial charge in [-0.15, -0.1) is 0 Å². The van der Waals surface area contributed by atoms with E-state index in [1.54, 1.807) is 24.0 Å². The number of aliphatic imine (C=N–C) groups is 1. The number of nitrogens with two attached hydrogens (primary N) is 2. The van der Waals surface area contributed by atoms with Crippen molar-refractivity contribution in [2.45, 2.75) is 37.2 Å². The molecule has 0 bridgehead atoms. The minimum atomic E-state index is -3.69. The van der Waals surface area contributed by atoms with Gasteiger partial charge in [-0.05, 0) is 37.5 Å². The normalized spacial score (nSPS) is 16.4. The number of carbonyl (C=O) groups is 1. The van der Waals surface area contributed by atoms with Gasteiger partial charge in [0, 0.05) is 19.1 Å². The summed E-state index contributed by atoms with van der Waals surface area (Å²) < 4.78 is 27.4. The third-order valence-electron chi connectivity index (χ3n) is 4.06. The van der Waals surface area contributed by atoms with Gasteiger partial charge >= 0.3 is 6.09 Å². The second-order valence-electron chi connectivity index (χ2n) is 6.00. The Morgan fingerprint density at radius 2 is 1.92 bits per heavy atom. The van der Waals surface area contributed by atoms with Crippen LogP contribution in [0.15, 0.2) is 34.2 Å². The van der Waals surface area contributed by atoms with Crippen LogP contribution in [0.25, 0.3) is 0 Å². The summed E-state index contributed by atoms with van der Waals surface area (Å²) in [6.45, 7) is 3.70. The van der Waals surface area contributed by atoms with Gasteiger partial charge in [0.25, 0.3) is 0 Å². The molecule has 0 aromatic heterocycles. The van der Waals surface area contributed by atoms with Crippen LogP contribution in [0.4, 0.5) is 4.79 Å². The molecule has 0 spiro atoms. The van der Waals surface area contributed by atoms with E-state index in [0.717, 1.165) is 18.4 Å². The van der Waals surface area contributed by atoms with Crippen molar-refractivity contribution < 1.29 is 17.9 Å². The number of guanidine groups is 1. The summed E-state index contributed by atoms with van der Waals surface area (Å²) >= 11 is 0.